The van der Waals surface area contributed by atoms with Crippen LogP contribution in [0.25, 0.3) is 0 Å². The summed E-state index contributed by atoms with van der Waals surface area (Å²) in [6, 6.07) is 16.7. The first kappa shape index (κ1) is 23.4. The molecule has 0 N–H and O–H groups in total. The van der Waals surface area contributed by atoms with Crippen molar-refractivity contribution in [3.63, 3.8) is 0 Å². The highest BCUT2D eigenvalue weighted by atomic mass is 32.2. The second kappa shape index (κ2) is 10.3. The molecule has 0 aliphatic rings. The molecule has 0 spiro atoms. The van der Waals surface area contributed by atoms with Crippen LogP contribution in [-0.2, 0) is 16.6 Å². The third-order valence-electron chi connectivity index (χ3n) is 4.42. The van der Waals surface area contributed by atoms with E-state index in [1.807, 2.05) is 54.3 Å². The monoisotopic (exact) mass is 431 g/mol. The largest absolute Gasteiger partial charge is 0.414 e. The number of rotatable bonds is 8. The summed E-state index contributed by atoms with van der Waals surface area (Å²) in [5.41, 5.74) is 1.58. The highest BCUT2D eigenvalue weighted by molar-refractivity contribution is 7.92. The lowest BCUT2D eigenvalue weighted by Gasteiger charge is -2.24. The minimum Gasteiger partial charge on any atom is -0.410 e. The third kappa shape index (κ3) is 5.84. The van der Waals surface area contributed by atoms with Crippen LogP contribution < -0.4 is 9.64 Å². The zero-order valence-corrected chi connectivity index (χ0v) is 18.9. The number of ether oxygens (including phenoxy) is 1. The Labute approximate surface area is 179 Å². The fraction of sp³-hybridized carbons (Fsp3) is 0.318. The van der Waals surface area contributed by atoms with Crippen molar-refractivity contribution in [2.45, 2.75) is 19.9 Å². The summed E-state index contributed by atoms with van der Waals surface area (Å²) in [5, 5.41) is 0. The van der Waals surface area contributed by atoms with Gasteiger partial charge in [-0.2, -0.15) is 0 Å². The van der Waals surface area contributed by atoms with Crippen LogP contribution in [0.2, 0.25) is 0 Å². The number of hydrogen-bond donors (Lipinski definition) is 0. The van der Waals surface area contributed by atoms with Crippen molar-refractivity contribution in [2.75, 3.05) is 33.1 Å². The van der Waals surface area contributed by atoms with E-state index in [1.165, 1.54) is 23.3 Å². The molecule has 0 bridgehead atoms. The number of amides is 1. The van der Waals surface area contributed by atoms with Gasteiger partial charge in [-0.25, -0.2) is 17.5 Å². The van der Waals surface area contributed by atoms with Gasteiger partial charge in [-0.05, 0) is 24.6 Å². The molecule has 7 nitrogen and oxygen atoms in total. The molecule has 0 saturated heterocycles. The summed E-state index contributed by atoms with van der Waals surface area (Å²) in [5.74, 6) is 0.430. The molecule has 0 atom stereocenters. The summed E-state index contributed by atoms with van der Waals surface area (Å²) in [4.78, 5) is 15.5. The van der Waals surface area contributed by atoms with Crippen molar-refractivity contribution in [3.8, 4) is 5.75 Å². The smallest absolute Gasteiger partial charge is 0.410 e. The molecule has 0 heterocycles. The Morgan fingerprint density at radius 2 is 1.57 bits per heavy atom. The molecule has 0 aliphatic carbocycles. The van der Waals surface area contributed by atoms with Crippen LogP contribution >= 0.6 is 0 Å². The normalized spacial score (nSPS) is 12.0. The Morgan fingerprint density at radius 3 is 2.13 bits per heavy atom. The Hall–Kier alpha value is -2.84. The number of allylic oxidation sites excluding steroid dienone is 1. The summed E-state index contributed by atoms with van der Waals surface area (Å²) in [6.45, 7) is 2.14. The molecule has 0 aliphatic heterocycles. The predicted octanol–water partition coefficient (Wildman–Crippen LogP) is 3.90. The number of para-hydroxylation sites is 2. The molecule has 0 aromatic heterocycles. The van der Waals surface area contributed by atoms with E-state index >= 15 is 0 Å². The number of carbonyl (C=O) groups is 1. The van der Waals surface area contributed by atoms with Crippen LogP contribution in [-0.4, -0.2) is 51.9 Å². The van der Waals surface area contributed by atoms with Crippen LogP contribution in [0.1, 0.15) is 18.9 Å². The highest BCUT2D eigenvalue weighted by Gasteiger charge is 2.21. The van der Waals surface area contributed by atoms with E-state index in [9.17, 15) is 13.2 Å². The Balaban J connectivity index is 2.49. The van der Waals surface area contributed by atoms with Gasteiger partial charge in [-0.1, -0.05) is 43.3 Å². The number of benzene rings is 2. The minimum atomic E-state index is -3.56. The van der Waals surface area contributed by atoms with E-state index in [2.05, 4.69) is 0 Å². The van der Waals surface area contributed by atoms with Gasteiger partial charge >= 0.3 is 6.09 Å². The molecule has 30 heavy (non-hydrogen) atoms. The van der Waals surface area contributed by atoms with Gasteiger partial charge in [-0.3, -0.25) is 0 Å². The van der Waals surface area contributed by atoms with E-state index in [0.717, 1.165) is 11.3 Å². The first-order valence-electron chi connectivity index (χ1n) is 9.58. The highest BCUT2D eigenvalue weighted by Crippen LogP contribution is 2.26. The van der Waals surface area contributed by atoms with Crippen LogP contribution in [0.5, 0.6) is 5.75 Å². The van der Waals surface area contributed by atoms with Crippen LogP contribution in [0.4, 0.5) is 10.5 Å². The fourth-order valence-corrected chi connectivity index (χ4v) is 3.78. The molecule has 0 radical (unpaired) electrons. The number of sulfonamides is 1. The lowest BCUT2D eigenvalue weighted by Crippen LogP contribution is -2.27. The molecule has 2 rings (SSSR count). The molecule has 0 saturated carbocycles. The summed E-state index contributed by atoms with van der Waals surface area (Å²) in [7, 11) is 2.70. The van der Waals surface area contributed by atoms with Gasteiger partial charge in [0.1, 0.15) is 5.75 Å². The number of hydrogen-bond acceptors (Lipinski definition) is 5. The van der Waals surface area contributed by atoms with Gasteiger partial charge in [0.25, 0.3) is 0 Å². The Bertz CT molecular complexity index is 986. The van der Waals surface area contributed by atoms with Gasteiger partial charge in [0.05, 0.1) is 11.4 Å². The van der Waals surface area contributed by atoms with Gasteiger partial charge in [0.2, 0.25) is 10.0 Å². The fourth-order valence-electron chi connectivity index (χ4n) is 2.68. The van der Waals surface area contributed by atoms with Gasteiger partial charge < -0.3 is 14.5 Å². The van der Waals surface area contributed by atoms with Gasteiger partial charge in [0.15, 0.2) is 0 Å². The lowest BCUT2D eigenvalue weighted by atomic mass is 10.1. The Morgan fingerprint density at radius 1 is 0.967 bits per heavy atom. The first-order chi connectivity index (χ1) is 14.2. The molecule has 2 aromatic carbocycles. The van der Waals surface area contributed by atoms with E-state index in [1.54, 1.807) is 32.4 Å². The van der Waals surface area contributed by atoms with Crippen LogP contribution in [0.15, 0.2) is 65.7 Å². The molecule has 8 heteroatoms. The predicted molar refractivity (Wildman–Crippen MR) is 120 cm³/mol. The minimum absolute atomic E-state index is 0.291. The van der Waals surface area contributed by atoms with Gasteiger partial charge in [0, 0.05) is 45.6 Å². The van der Waals surface area contributed by atoms with Crippen molar-refractivity contribution >= 4 is 21.8 Å². The van der Waals surface area contributed by atoms with E-state index in [-0.39, 0.29) is 0 Å². The van der Waals surface area contributed by atoms with E-state index in [0.29, 0.717) is 23.6 Å². The third-order valence-corrected chi connectivity index (χ3v) is 6.44. The second-order valence-corrected chi connectivity index (χ2v) is 9.27. The van der Waals surface area contributed by atoms with Crippen molar-refractivity contribution in [1.29, 1.82) is 0 Å². The van der Waals surface area contributed by atoms with Crippen molar-refractivity contribution in [2.24, 2.45) is 0 Å². The lowest BCUT2D eigenvalue weighted by molar-refractivity contribution is 0.171. The summed E-state index contributed by atoms with van der Waals surface area (Å²) in [6.07, 6.45) is 1.52. The quantitative estimate of drug-likeness (QED) is 0.634. The SMILES string of the molecule is CC/C(=C\N(Cc1ccccc1OC(=O)N(C)C)c1ccccc1)S(=O)(=O)N(C)C. The van der Waals surface area contributed by atoms with Gasteiger partial charge in [-0.15, -0.1) is 0 Å². The molecular weight excluding hydrogens is 402 g/mol. The molecular formula is C22H29N3O4S. The topological polar surface area (TPSA) is 70.2 Å². The van der Waals surface area contributed by atoms with Crippen molar-refractivity contribution < 1.29 is 17.9 Å². The second-order valence-electron chi connectivity index (χ2n) is 7.07. The number of nitrogens with zero attached hydrogens (tertiary/aromatic N) is 3. The van der Waals surface area contributed by atoms with Crippen LogP contribution in [0, 0.1) is 0 Å². The molecule has 1 amide bonds. The zero-order chi connectivity index (χ0) is 22.3. The standard InChI is InChI=1S/C22H29N3O4S/c1-6-20(30(27,28)24(4)5)17-25(19-13-8-7-9-14-19)16-18-12-10-11-15-21(18)29-22(26)23(2)3/h7-15,17H,6,16H2,1-5H3/b20-17+. The van der Waals surface area contributed by atoms with Crippen molar-refractivity contribution in [1.82, 2.24) is 9.21 Å². The number of carbonyl (C=O) groups excluding carboxylic acids is 1. The van der Waals surface area contributed by atoms with Crippen LogP contribution in [0.3, 0.4) is 0 Å². The molecule has 2 aromatic rings. The maximum absolute atomic E-state index is 12.7. The maximum atomic E-state index is 12.7. The zero-order valence-electron chi connectivity index (χ0n) is 18.1. The average Bonchev–Trinajstić information content (AvgIpc) is 2.72. The molecule has 0 fully saturated rings. The summed E-state index contributed by atoms with van der Waals surface area (Å²) < 4.78 is 32.1. The average molecular weight is 432 g/mol. The molecule has 162 valence electrons. The first-order valence-corrected chi connectivity index (χ1v) is 11.0. The van der Waals surface area contributed by atoms with E-state index < -0.39 is 16.1 Å². The number of anilines is 1. The molecule has 0 unspecified atom stereocenters. The van der Waals surface area contributed by atoms with E-state index in [4.69, 9.17) is 4.74 Å². The maximum Gasteiger partial charge on any atom is 0.414 e. The Kier molecular flexibility index (Phi) is 8.02. The van der Waals surface area contributed by atoms with Crippen molar-refractivity contribution in [3.05, 3.63) is 71.3 Å². The summed E-state index contributed by atoms with van der Waals surface area (Å²) >= 11 is 0.